The van der Waals surface area contributed by atoms with E-state index in [0.717, 1.165) is 27.1 Å². The highest BCUT2D eigenvalue weighted by atomic mass is 79.9. The molecule has 0 atom stereocenters. The van der Waals surface area contributed by atoms with Crippen LogP contribution in [-0.4, -0.2) is 9.91 Å². The number of nitrogens with one attached hydrogen (secondary N) is 1. The lowest BCUT2D eigenvalue weighted by molar-refractivity contribution is -0.400. The molecule has 0 aliphatic carbocycles. The van der Waals surface area contributed by atoms with Gasteiger partial charge in [0.2, 0.25) is 6.20 Å². The summed E-state index contributed by atoms with van der Waals surface area (Å²) in [5.41, 5.74) is 1.77. The SMILES string of the molecule is O=[N+]([O-])/C=C/c1c[nH]c2ccc(Br)cc12. The Hall–Kier alpha value is -1.62. The molecule has 4 nitrogen and oxygen atoms in total. The van der Waals surface area contributed by atoms with Crippen LogP contribution < -0.4 is 0 Å². The lowest BCUT2D eigenvalue weighted by Crippen LogP contribution is -1.81. The first-order valence-electron chi connectivity index (χ1n) is 4.25. The number of aromatic amines is 1. The van der Waals surface area contributed by atoms with Crippen LogP contribution in [0.3, 0.4) is 0 Å². The minimum atomic E-state index is -0.475. The first-order chi connectivity index (χ1) is 7.16. The highest BCUT2D eigenvalue weighted by molar-refractivity contribution is 9.10. The van der Waals surface area contributed by atoms with Gasteiger partial charge in [0.1, 0.15) is 0 Å². The molecule has 1 aromatic carbocycles. The predicted octanol–water partition coefficient (Wildman–Crippen LogP) is 3.18. The summed E-state index contributed by atoms with van der Waals surface area (Å²) in [5.74, 6) is 0. The van der Waals surface area contributed by atoms with Gasteiger partial charge in [-0.05, 0) is 18.2 Å². The van der Waals surface area contributed by atoms with Crippen molar-refractivity contribution in [1.82, 2.24) is 4.98 Å². The number of hydrogen-bond acceptors (Lipinski definition) is 2. The highest BCUT2D eigenvalue weighted by Crippen LogP contribution is 2.23. The van der Waals surface area contributed by atoms with E-state index >= 15 is 0 Å². The van der Waals surface area contributed by atoms with E-state index in [9.17, 15) is 10.1 Å². The van der Waals surface area contributed by atoms with Crippen molar-refractivity contribution in [2.45, 2.75) is 0 Å². The lowest BCUT2D eigenvalue weighted by atomic mass is 10.2. The third-order valence-corrected chi connectivity index (χ3v) is 2.54. The molecule has 0 bridgehead atoms. The number of aromatic nitrogens is 1. The minimum absolute atomic E-state index is 0.475. The van der Waals surface area contributed by atoms with Crippen LogP contribution in [0.15, 0.2) is 35.1 Å². The van der Waals surface area contributed by atoms with Crippen LogP contribution in [0.2, 0.25) is 0 Å². The molecule has 0 radical (unpaired) electrons. The molecule has 0 fully saturated rings. The molecule has 0 spiro atoms. The van der Waals surface area contributed by atoms with E-state index < -0.39 is 4.92 Å². The molecule has 0 aliphatic heterocycles. The van der Waals surface area contributed by atoms with Crippen LogP contribution in [-0.2, 0) is 0 Å². The number of hydrogen-bond donors (Lipinski definition) is 1. The molecule has 2 rings (SSSR count). The summed E-state index contributed by atoms with van der Waals surface area (Å²) in [6.45, 7) is 0. The van der Waals surface area contributed by atoms with Gasteiger partial charge < -0.3 is 4.98 Å². The quantitative estimate of drug-likeness (QED) is 0.671. The Balaban J connectivity index is 2.52. The molecule has 15 heavy (non-hydrogen) atoms. The molecular formula is C10H7BrN2O2. The first kappa shape index (κ1) is 9.92. The van der Waals surface area contributed by atoms with Gasteiger partial charge in [0.05, 0.1) is 4.92 Å². The summed E-state index contributed by atoms with van der Waals surface area (Å²) < 4.78 is 0.949. The highest BCUT2D eigenvalue weighted by Gasteiger charge is 2.02. The smallest absolute Gasteiger partial charge is 0.235 e. The zero-order chi connectivity index (χ0) is 10.8. The minimum Gasteiger partial charge on any atom is -0.361 e. The fraction of sp³-hybridized carbons (Fsp3) is 0. The van der Waals surface area contributed by atoms with Crippen molar-refractivity contribution in [3.8, 4) is 0 Å². The second kappa shape index (κ2) is 3.86. The van der Waals surface area contributed by atoms with Gasteiger partial charge >= 0.3 is 0 Å². The van der Waals surface area contributed by atoms with Crippen molar-refractivity contribution >= 4 is 32.9 Å². The summed E-state index contributed by atoms with van der Waals surface area (Å²) in [4.78, 5) is 12.8. The van der Waals surface area contributed by atoms with E-state index in [1.54, 1.807) is 6.20 Å². The second-order valence-corrected chi connectivity index (χ2v) is 3.95. The molecule has 0 saturated heterocycles. The standard InChI is InChI=1S/C10H7BrN2O2/c11-8-1-2-10-9(5-8)7(6-12-10)3-4-13(14)15/h1-6,12H/b4-3+. The van der Waals surface area contributed by atoms with Gasteiger partial charge in [0.25, 0.3) is 0 Å². The number of H-pyrrole nitrogens is 1. The van der Waals surface area contributed by atoms with Crippen molar-refractivity contribution in [1.29, 1.82) is 0 Å². The van der Waals surface area contributed by atoms with E-state index in [-0.39, 0.29) is 0 Å². The maximum absolute atomic E-state index is 10.2. The zero-order valence-electron chi connectivity index (χ0n) is 7.61. The molecular weight excluding hydrogens is 260 g/mol. The monoisotopic (exact) mass is 266 g/mol. The largest absolute Gasteiger partial charge is 0.361 e. The summed E-state index contributed by atoms with van der Waals surface area (Å²) in [6, 6.07) is 5.76. The number of rotatable bonds is 2. The molecule has 0 unspecified atom stereocenters. The molecule has 0 saturated carbocycles. The average molecular weight is 267 g/mol. The summed E-state index contributed by atoms with van der Waals surface area (Å²) >= 11 is 3.36. The molecule has 5 heteroatoms. The third kappa shape index (κ3) is 2.07. The van der Waals surface area contributed by atoms with Gasteiger partial charge in [-0.15, -0.1) is 0 Å². The topological polar surface area (TPSA) is 58.9 Å². The maximum atomic E-state index is 10.2. The van der Waals surface area contributed by atoms with E-state index in [1.165, 1.54) is 6.08 Å². The average Bonchev–Trinajstić information content (AvgIpc) is 2.57. The number of nitrogens with zero attached hydrogens (tertiary/aromatic N) is 1. The van der Waals surface area contributed by atoms with Crippen molar-refractivity contribution in [2.75, 3.05) is 0 Å². The Kier molecular flexibility index (Phi) is 2.55. The number of nitro groups is 1. The predicted molar refractivity (Wildman–Crippen MR) is 62.0 cm³/mol. The van der Waals surface area contributed by atoms with Gasteiger partial charge in [0, 0.05) is 33.2 Å². The number of fused-ring (bicyclic) bond motifs is 1. The van der Waals surface area contributed by atoms with Crippen molar-refractivity contribution in [3.05, 3.63) is 50.7 Å². The Morgan fingerprint density at radius 3 is 3.00 bits per heavy atom. The lowest BCUT2D eigenvalue weighted by Gasteiger charge is -1.92. The summed E-state index contributed by atoms with van der Waals surface area (Å²) in [5, 5.41) is 11.2. The first-order valence-corrected chi connectivity index (χ1v) is 5.04. The summed E-state index contributed by atoms with van der Waals surface area (Å²) in [6.07, 6.45) is 4.16. The van der Waals surface area contributed by atoms with E-state index in [2.05, 4.69) is 20.9 Å². The summed E-state index contributed by atoms with van der Waals surface area (Å²) in [7, 11) is 0. The Bertz CT molecular complexity index is 545. The molecule has 2 aromatic rings. The zero-order valence-corrected chi connectivity index (χ0v) is 9.19. The van der Waals surface area contributed by atoms with Crippen LogP contribution in [0, 0.1) is 10.1 Å². The second-order valence-electron chi connectivity index (χ2n) is 3.04. The normalized spacial score (nSPS) is 11.3. The molecule has 0 amide bonds. The molecule has 1 heterocycles. The Morgan fingerprint density at radius 2 is 2.27 bits per heavy atom. The number of benzene rings is 1. The molecule has 1 N–H and O–H groups in total. The van der Waals surface area contributed by atoms with Crippen LogP contribution in [0.5, 0.6) is 0 Å². The molecule has 1 aromatic heterocycles. The van der Waals surface area contributed by atoms with E-state index in [0.29, 0.717) is 0 Å². The van der Waals surface area contributed by atoms with Gasteiger partial charge in [-0.1, -0.05) is 15.9 Å². The van der Waals surface area contributed by atoms with Crippen LogP contribution >= 0.6 is 15.9 Å². The van der Waals surface area contributed by atoms with Crippen molar-refractivity contribution in [3.63, 3.8) is 0 Å². The van der Waals surface area contributed by atoms with Crippen LogP contribution in [0.1, 0.15) is 5.56 Å². The van der Waals surface area contributed by atoms with Crippen molar-refractivity contribution in [2.24, 2.45) is 0 Å². The fourth-order valence-corrected chi connectivity index (χ4v) is 1.75. The third-order valence-electron chi connectivity index (χ3n) is 2.05. The fourth-order valence-electron chi connectivity index (χ4n) is 1.39. The van der Waals surface area contributed by atoms with E-state index in [1.807, 2.05) is 18.2 Å². The molecule has 0 aliphatic rings. The van der Waals surface area contributed by atoms with Crippen LogP contribution in [0.25, 0.3) is 17.0 Å². The van der Waals surface area contributed by atoms with E-state index in [4.69, 9.17) is 0 Å². The Morgan fingerprint density at radius 1 is 1.47 bits per heavy atom. The van der Waals surface area contributed by atoms with Crippen LogP contribution in [0.4, 0.5) is 0 Å². The van der Waals surface area contributed by atoms with Gasteiger partial charge in [0.15, 0.2) is 0 Å². The van der Waals surface area contributed by atoms with Gasteiger partial charge in [-0.25, -0.2) is 0 Å². The molecule has 76 valence electrons. The Labute approximate surface area is 93.9 Å². The van der Waals surface area contributed by atoms with Gasteiger partial charge in [-0.2, -0.15) is 0 Å². The van der Waals surface area contributed by atoms with Crippen molar-refractivity contribution < 1.29 is 4.92 Å². The van der Waals surface area contributed by atoms with Gasteiger partial charge in [-0.3, -0.25) is 10.1 Å². The number of halogens is 1. The maximum Gasteiger partial charge on any atom is 0.235 e.